The lowest BCUT2D eigenvalue weighted by Gasteiger charge is -2.08. The summed E-state index contributed by atoms with van der Waals surface area (Å²) in [5.74, 6) is -0.179. The summed E-state index contributed by atoms with van der Waals surface area (Å²) >= 11 is 0. The van der Waals surface area contributed by atoms with E-state index >= 15 is 0 Å². The number of nitrogens with one attached hydrogen (secondary N) is 2. The van der Waals surface area contributed by atoms with Crippen molar-refractivity contribution in [3.8, 4) is 6.07 Å². The van der Waals surface area contributed by atoms with Crippen molar-refractivity contribution >= 4 is 23.4 Å². The third-order valence-corrected chi connectivity index (χ3v) is 2.60. The van der Waals surface area contributed by atoms with Crippen LogP contribution in [0.25, 0.3) is 0 Å². The van der Waals surface area contributed by atoms with E-state index in [2.05, 4.69) is 25.7 Å². The molecule has 0 atom stereocenters. The minimum absolute atomic E-state index is 0.00446. The summed E-state index contributed by atoms with van der Waals surface area (Å²) in [5, 5.41) is 18.4. The number of carbonyl (C=O) groups excluding carboxylic acids is 1. The maximum absolute atomic E-state index is 11.3. The normalized spacial score (nSPS) is 9.90. The lowest BCUT2D eigenvalue weighted by atomic mass is 10.3. The Balaban J connectivity index is 2.24. The Labute approximate surface area is 120 Å². The average Bonchev–Trinajstić information content (AvgIpc) is 2.92. The van der Waals surface area contributed by atoms with Crippen molar-refractivity contribution in [2.45, 2.75) is 13.5 Å². The summed E-state index contributed by atoms with van der Waals surface area (Å²) in [6.07, 6.45) is 4.74. The molecule has 0 aliphatic rings. The molecule has 4 N–H and O–H groups in total. The number of nitrogens with two attached hydrogens (primary N) is 1. The molecule has 0 aliphatic heterocycles. The Morgan fingerprint density at radius 1 is 1.52 bits per heavy atom. The van der Waals surface area contributed by atoms with Crippen molar-refractivity contribution in [3.05, 3.63) is 24.2 Å². The summed E-state index contributed by atoms with van der Waals surface area (Å²) in [5.41, 5.74) is 6.08. The Morgan fingerprint density at radius 2 is 2.33 bits per heavy atom. The average molecular weight is 286 g/mol. The molecule has 0 fully saturated rings. The van der Waals surface area contributed by atoms with Crippen LogP contribution in [0.3, 0.4) is 0 Å². The number of anilines is 3. The molecule has 0 saturated heterocycles. The zero-order chi connectivity index (χ0) is 15.2. The van der Waals surface area contributed by atoms with Crippen LogP contribution in [-0.4, -0.2) is 32.2 Å². The fourth-order valence-electron chi connectivity index (χ4n) is 1.61. The van der Waals surface area contributed by atoms with Gasteiger partial charge in [-0.3, -0.25) is 9.48 Å². The molecule has 0 unspecified atom stereocenters. The lowest BCUT2D eigenvalue weighted by Crippen LogP contribution is -2.17. The summed E-state index contributed by atoms with van der Waals surface area (Å²) < 4.78 is 1.74. The fraction of sp³-hybridized carbons (Fsp3) is 0.250. The van der Waals surface area contributed by atoms with E-state index in [4.69, 9.17) is 11.0 Å². The molecule has 0 bridgehead atoms. The molecular weight excluding hydrogens is 272 g/mol. The number of hydrogen-bond acceptors (Lipinski definition) is 7. The van der Waals surface area contributed by atoms with Crippen molar-refractivity contribution < 1.29 is 4.79 Å². The first-order valence-electron chi connectivity index (χ1n) is 6.21. The van der Waals surface area contributed by atoms with Crippen molar-refractivity contribution in [2.24, 2.45) is 5.73 Å². The van der Waals surface area contributed by atoms with Crippen molar-refractivity contribution in [3.63, 3.8) is 0 Å². The first-order valence-corrected chi connectivity index (χ1v) is 6.21. The summed E-state index contributed by atoms with van der Waals surface area (Å²) in [7, 11) is 0. The second kappa shape index (κ2) is 6.33. The first-order chi connectivity index (χ1) is 10.1. The number of nitriles is 1. The second-order valence-corrected chi connectivity index (χ2v) is 4.04. The van der Waals surface area contributed by atoms with Gasteiger partial charge in [-0.2, -0.15) is 15.3 Å². The SMILES string of the molecule is CCn1cc(Nc2ncc(C(N)=O)c(NCC#N)n2)cn1. The number of hydrogen-bond donors (Lipinski definition) is 3. The maximum atomic E-state index is 11.3. The van der Waals surface area contributed by atoms with Gasteiger partial charge < -0.3 is 16.4 Å². The van der Waals surface area contributed by atoms with Gasteiger partial charge in [0.05, 0.1) is 23.5 Å². The van der Waals surface area contributed by atoms with E-state index in [-0.39, 0.29) is 23.9 Å². The quantitative estimate of drug-likeness (QED) is 0.657. The van der Waals surface area contributed by atoms with E-state index in [0.29, 0.717) is 0 Å². The molecule has 0 aromatic carbocycles. The monoisotopic (exact) mass is 286 g/mol. The molecule has 2 aromatic heterocycles. The highest BCUT2D eigenvalue weighted by molar-refractivity contribution is 5.97. The molecule has 0 spiro atoms. The zero-order valence-corrected chi connectivity index (χ0v) is 11.4. The first kappa shape index (κ1) is 14.3. The number of aromatic nitrogens is 4. The maximum Gasteiger partial charge on any atom is 0.254 e. The largest absolute Gasteiger partial charge is 0.365 e. The fourth-order valence-corrected chi connectivity index (χ4v) is 1.61. The molecule has 9 nitrogen and oxygen atoms in total. The molecule has 108 valence electrons. The van der Waals surface area contributed by atoms with E-state index in [1.165, 1.54) is 6.20 Å². The van der Waals surface area contributed by atoms with Gasteiger partial charge in [-0.25, -0.2) is 4.98 Å². The summed E-state index contributed by atoms with van der Waals surface area (Å²) in [4.78, 5) is 19.4. The molecule has 21 heavy (non-hydrogen) atoms. The van der Waals surface area contributed by atoms with Crippen LogP contribution in [-0.2, 0) is 6.54 Å². The Hall–Kier alpha value is -3.15. The third kappa shape index (κ3) is 3.44. The molecule has 0 saturated carbocycles. The zero-order valence-electron chi connectivity index (χ0n) is 11.4. The smallest absolute Gasteiger partial charge is 0.254 e. The van der Waals surface area contributed by atoms with Gasteiger partial charge in [0.1, 0.15) is 12.4 Å². The van der Waals surface area contributed by atoms with Crippen molar-refractivity contribution in [1.29, 1.82) is 5.26 Å². The Bertz CT molecular complexity index is 687. The number of amides is 1. The molecule has 0 radical (unpaired) electrons. The highest BCUT2D eigenvalue weighted by atomic mass is 16.1. The van der Waals surface area contributed by atoms with Crippen LogP contribution in [0.15, 0.2) is 18.6 Å². The van der Waals surface area contributed by atoms with E-state index in [9.17, 15) is 4.79 Å². The van der Waals surface area contributed by atoms with Gasteiger partial charge in [-0.1, -0.05) is 0 Å². The van der Waals surface area contributed by atoms with Gasteiger partial charge in [0, 0.05) is 18.9 Å². The highest BCUT2D eigenvalue weighted by Crippen LogP contribution is 2.16. The number of primary amides is 1. The van der Waals surface area contributed by atoms with Gasteiger partial charge in [-0.15, -0.1) is 0 Å². The van der Waals surface area contributed by atoms with Gasteiger partial charge in [0.15, 0.2) is 0 Å². The van der Waals surface area contributed by atoms with E-state index in [1.54, 1.807) is 17.1 Å². The van der Waals surface area contributed by atoms with Gasteiger partial charge in [-0.05, 0) is 6.92 Å². The Morgan fingerprint density at radius 3 is 2.95 bits per heavy atom. The summed E-state index contributed by atoms with van der Waals surface area (Å²) in [6, 6.07) is 1.91. The third-order valence-electron chi connectivity index (χ3n) is 2.60. The topological polar surface area (TPSA) is 135 Å². The van der Waals surface area contributed by atoms with Gasteiger partial charge in [0.25, 0.3) is 5.91 Å². The molecule has 2 aromatic rings. The number of nitrogens with zero attached hydrogens (tertiary/aromatic N) is 5. The molecule has 2 heterocycles. The van der Waals surface area contributed by atoms with E-state index in [0.717, 1.165) is 12.2 Å². The minimum Gasteiger partial charge on any atom is -0.365 e. The molecular formula is C12H14N8O. The van der Waals surface area contributed by atoms with Crippen LogP contribution in [0.2, 0.25) is 0 Å². The lowest BCUT2D eigenvalue weighted by molar-refractivity contribution is 0.100. The van der Waals surface area contributed by atoms with Gasteiger partial charge >= 0.3 is 0 Å². The number of carbonyl (C=O) groups is 1. The van der Waals surface area contributed by atoms with Crippen molar-refractivity contribution in [2.75, 3.05) is 17.2 Å². The van der Waals surface area contributed by atoms with Gasteiger partial charge in [0.2, 0.25) is 5.95 Å². The number of aryl methyl sites for hydroxylation is 1. The molecule has 2 rings (SSSR count). The van der Waals surface area contributed by atoms with E-state index < -0.39 is 5.91 Å². The minimum atomic E-state index is -0.666. The molecule has 0 aliphatic carbocycles. The van der Waals surface area contributed by atoms with E-state index in [1.807, 2.05) is 13.0 Å². The summed E-state index contributed by atoms with van der Waals surface area (Å²) in [6.45, 7) is 2.72. The standard InChI is InChI=1S/C12H14N8O/c1-2-20-7-8(5-17-20)18-12-16-6-9(10(14)21)11(19-12)15-4-3-13/h5-7H,2,4H2,1H3,(H2,14,21)(H2,15,16,18,19). The molecule has 1 amide bonds. The second-order valence-electron chi connectivity index (χ2n) is 4.04. The highest BCUT2D eigenvalue weighted by Gasteiger charge is 2.12. The molecule has 9 heteroatoms. The van der Waals surface area contributed by atoms with Crippen LogP contribution in [0.1, 0.15) is 17.3 Å². The number of rotatable bonds is 6. The predicted molar refractivity (Wildman–Crippen MR) is 75.8 cm³/mol. The van der Waals surface area contributed by atoms with Crippen LogP contribution >= 0.6 is 0 Å². The van der Waals surface area contributed by atoms with Crippen LogP contribution in [0, 0.1) is 11.3 Å². The van der Waals surface area contributed by atoms with Crippen molar-refractivity contribution in [1.82, 2.24) is 19.7 Å². The van der Waals surface area contributed by atoms with Crippen LogP contribution in [0.4, 0.5) is 17.5 Å². The Kier molecular flexibility index (Phi) is 4.30. The van der Waals surface area contributed by atoms with Crippen LogP contribution in [0.5, 0.6) is 0 Å². The van der Waals surface area contributed by atoms with Crippen LogP contribution < -0.4 is 16.4 Å². The predicted octanol–water partition coefficient (Wildman–Crippen LogP) is 0.471.